The number of nitrogens with one attached hydrogen (secondary N) is 2. The predicted octanol–water partition coefficient (Wildman–Crippen LogP) is 3.70. The summed E-state index contributed by atoms with van der Waals surface area (Å²) in [4.78, 5) is 12.0. The van der Waals surface area contributed by atoms with Crippen molar-refractivity contribution in [3.05, 3.63) is 35.4 Å². The second-order valence-electron chi connectivity index (χ2n) is 6.58. The second-order valence-corrected chi connectivity index (χ2v) is 6.58. The molecular weight excluding hydrogens is 317 g/mol. The Hall–Kier alpha value is -1.56. The summed E-state index contributed by atoms with van der Waals surface area (Å²) >= 11 is 0. The van der Waals surface area contributed by atoms with Crippen LogP contribution in [0.4, 0.5) is 13.2 Å². The van der Waals surface area contributed by atoms with E-state index in [1.54, 1.807) is 0 Å². The van der Waals surface area contributed by atoms with E-state index in [0.29, 0.717) is 12.5 Å². The number of piperidine rings is 1. The van der Waals surface area contributed by atoms with E-state index in [4.69, 9.17) is 0 Å². The molecule has 0 bridgehead atoms. The summed E-state index contributed by atoms with van der Waals surface area (Å²) in [7, 11) is 0. The lowest BCUT2D eigenvalue weighted by atomic mass is 9.95. The molecule has 24 heavy (non-hydrogen) atoms. The SMILES string of the molecule is CC(CC(=O)NCCC1CCCNC1)c1ccc(C(F)(F)F)cc1. The van der Waals surface area contributed by atoms with Gasteiger partial charge in [-0.15, -0.1) is 0 Å². The quantitative estimate of drug-likeness (QED) is 0.827. The average Bonchev–Trinajstić information content (AvgIpc) is 2.55. The highest BCUT2D eigenvalue weighted by atomic mass is 19.4. The van der Waals surface area contributed by atoms with Crippen molar-refractivity contribution < 1.29 is 18.0 Å². The van der Waals surface area contributed by atoms with Gasteiger partial charge in [0.15, 0.2) is 0 Å². The predicted molar refractivity (Wildman–Crippen MR) is 87.7 cm³/mol. The first-order valence-electron chi connectivity index (χ1n) is 8.51. The highest BCUT2D eigenvalue weighted by molar-refractivity contribution is 5.76. The van der Waals surface area contributed by atoms with Crippen LogP contribution in [-0.2, 0) is 11.0 Å². The van der Waals surface area contributed by atoms with Crippen molar-refractivity contribution in [2.24, 2.45) is 5.92 Å². The first kappa shape index (κ1) is 18.8. The van der Waals surface area contributed by atoms with Gasteiger partial charge in [-0.05, 0) is 61.9 Å². The molecule has 2 unspecified atom stereocenters. The largest absolute Gasteiger partial charge is 0.416 e. The maximum atomic E-state index is 12.6. The van der Waals surface area contributed by atoms with Gasteiger partial charge in [0.2, 0.25) is 5.91 Å². The van der Waals surface area contributed by atoms with E-state index in [2.05, 4.69) is 10.6 Å². The van der Waals surface area contributed by atoms with Gasteiger partial charge < -0.3 is 10.6 Å². The van der Waals surface area contributed by atoms with E-state index in [-0.39, 0.29) is 18.2 Å². The number of alkyl halides is 3. The van der Waals surface area contributed by atoms with Crippen LogP contribution in [0.5, 0.6) is 0 Å². The van der Waals surface area contributed by atoms with Crippen LogP contribution in [0.25, 0.3) is 0 Å². The summed E-state index contributed by atoms with van der Waals surface area (Å²) in [6.07, 6.45) is -0.691. The maximum Gasteiger partial charge on any atom is 0.416 e. The maximum absolute atomic E-state index is 12.6. The van der Waals surface area contributed by atoms with Gasteiger partial charge in [0.25, 0.3) is 0 Å². The van der Waals surface area contributed by atoms with E-state index in [1.807, 2.05) is 6.92 Å². The van der Waals surface area contributed by atoms with Crippen molar-refractivity contribution in [1.82, 2.24) is 10.6 Å². The highest BCUT2D eigenvalue weighted by Crippen LogP contribution is 2.30. The van der Waals surface area contributed by atoms with E-state index >= 15 is 0 Å². The molecule has 2 N–H and O–H groups in total. The zero-order valence-corrected chi connectivity index (χ0v) is 14.0. The Morgan fingerprint density at radius 1 is 1.33 bits per heavy atom. The summed E-state index contributed by atoms with van der Waals surface area (Å²) in [5.74, 6) is 0.459. The van der Waals surface area contributed by atoms with Crippen LogP contribution >= 0.6 is 0 Å². The molecule has 0 aliphatic carbocycles. The minimum absolute atomic E-state index is 0.0498. The van der Waals surface area contributed by atoms with E-state index in [0.717, 1.165) is 37.2 Å². The number of hydrogen-bond acceptors (Lipinski definition) is 2. The normalized spacial score (nSPS) is 19.8. The molecule has 1 amide bonds. The van der Waals surface area contributed by atoms with Gasteiger partial charge in [-0.3, -0.25) is 4.79 Å². The number of amides is 1. The molecular formula is C18H25F3N2O. The van der Waals surface area contributed by atoms with Crippen molar-refractivity contribution in [1.29, 1.82) is 0 Å². The van der Waals surface area contributed by atoms with Gasteiger partial charge in [-0.2, -0.15) is 13.2 Å². The molecule has 0 aromatic heterocycles. The van der Waals surface area contributed by atoms with Crippen LogP contribution in [0.3, 0.4) is 0 Å². The molecule has 1 aliphatic rings. The lowest BCUT2D eigenvalue weighted by molar-refractivity contribution is -0.137. The number of carbonyl (C=O) groups excluding carboxylic acids is 1. The number of carbonyl (C=O) groups is 1. The van der Waals surface area contributed by atoms with Crippen LogP contribution in [-0.4, -0.2) is 25.5 Å². The monoisotopic (exact) mass is 342 g/mol. The minimum atomic E-state index is -4.33. The van der Waals surface area contributed by atoms with E-state index in [9.17, 15) is 18.0 Å². The third-order valence-electron chi connectivity index (χ3n) is 4.57. The fourth-order valence-electron chi connectivity index (χ4n) is 3.05. The zero-order chi connectivity index (χ0) is 17.6. The molecule has 0 saturated carbocycles. The fraction of sp³-hybridized carbons (Fsp3) is 0.611. The molecule has 134 valence electrons. The summed E-state index contributed by atoms with van der Waals surface area (Å²) in [6.45, 7) is 4.60. The lowest BCUT2D eigenvalue weighted by Crippen LogP contribution is -2.33. The van der Waals surface area contributed by atoms with Crippen molar-refractivity contribution in [2.75, 3.05) is 19.6 Å². The third kappa shape index (κ3) is 5.82. The molecule has 1 aliphatic heterocycles. The summed E-state index contributed by atoms with van der Waals surface area (Å²) in [6, 6.07) is 5.04. The molecule has 6 heteroatoms. The lowest BCUT2D eigenvalue weighted by Gasteiger charge is -2.22. The van der Waals surface area contributed by atoms with Crippen LogP contribution in [0.1, 0.15) is 49.7 Å². The summed E-state index contributed by atoms with van der Waals surface area (Å²) in [5, 5.41) is 6.27. The number of benzene rings is 1. The minimum Gasteiger partial charge on any atom is -0.356 e. The molecule has 0 radical (unpaired) electrons. The molecule has 1 aromatic rings. The smallest absolute Gasteiger partial charge is 0.356 e. The van der Waals surface area contributed by atoms with Gasteiger partial charge in [0.1, 0.15) is 0 Å². The molecule has 1 aromatic carbocycles. The molecule has 0 spiro atoms. The Bertz CT molecular complexity index is 522. The number of halogens is 3. The zero-order valence-electron chi connectivity index (χ0n) is 14.0. The van der Waals surface area contributed by atoms with Gasteiger partial charge in [0.05, 0.1) is 5.56 Å². The molecule has 2 atom stereocenters. The Morgan fingerprint density at radius 2 is 2.04 bits per heavy atom. The Balaban J connectivity index is 1.74. The molecule has 2 rings (SSSR count). The summed E-state index contributed by atoms with van der Waals surface area (Å²) < 4.78 is 37.7. The van der Waals surface area contributed by atoms with Crippen molar-refractivity contribution >= 4 is 5.91 Å². The van der Waals surface area contributed by atoms with Crippen LogP contribution < -0.4 is 10.6 Å². The van der Waals surface area contributed by atoms with E-state index < -0.39 is 11.7 Å². The Kier molecular flexibility index (Phi) is 6.66. The van der Waals surface area contributed by atoms with Gasteiger partial charge in [0, 0.05) is 13.0 Å². The standard InChI is InChI=1S/C18H25F3N2O/c1-13(15-4-6-16(7-5-15)18(19,20)21)11-17(24)23-10-8-14-3-2-9-22-12-14/h4-7,13-14,22H,2-3,8-12H2,1H3,(H,23,24). The third-order valence-corrected chi connectivity index (χ3v) is 4.57. The molecule has 3 nitrogen and oxygen atoms in total. The van der Waals surface area contributed by atoms with Crippen molar-refractivity contribution in [3.8, 4) is 0 Å². The number of rotatable bonds is 6. The van der Waals surface area contributed by atoms with Crippen LogP contribution in [0.2, 0.25) is 0 Å². The molecule has 1 fully saturated rings. The molecule has 1 saturated heterocycles. The Morgan fingerprint density at radius 3 is 2.62 bits per heavy atom. The van der Waals surface area contributed by atoms with Crippen LogP contribution in [0, 0.1) is 5.92 Å². The second kappa shape index (κ2) is 8.51. The van der Waals surface area contributed by atoms with Gasteiger partial charge >= 0.3 is 6.18 Å². The average molecular weight is 342 g/mol. The van der Waals surface area contributed by atoms with Gasteiger partial charge in [-0.25, -0.2) is 0 Å². The summed E-state index contributed by atoms with van der Waals surface area (Å²) in [5.41, 5.74) is 0.0821. The first-order valence-corrected chi connectivity index (χ1v) is 8.51. The topological polar surface area (TPSA) is 41.1 Å². The van der Waals surface area contributed by atoms with Gasteiger partial charge in [-0.1, -0.05) is 19.1 Å². The fourth-order valence-corrected chi connectivity index (χ4v) is 3.05. The van der Waals surface area contributed by atoms with Crippen LogP contribution in [0.15, 0.2) is 24.3 Å². The van der Waals surface area contributed by atoms with E-state index in [1.165, 1.54) is 25.0 Å². The Labute approximate surface area is 141 Å². The number of hydrogen-bond donors (Lipinski definition) is 2. The highest BCUT2D eigenvalue weighted by Gasteiger charge is 2.30. The first-order chi connectivity index (χ1) is 11.4. The van der Waals surface area contributed by atoms with Crippen molar-refractivity contribution in [3.63, 3.8) is 0 Å². The molecule has 1 heterocycles. The van der Waals surface area contributed by atoms with Crippen molar-refractivity contribution in [2.45, 2.75) is 44.7 Å².